The summed E-state index contributed by atoms with van der Waals surface area (Å²) in [4.78, 5) is 0. The number of phenolic OH excluding ortho intramolecular Hbond substituents is 2. The molecule has 15 heavy (non-hydrogen) atoms. The largest absolute Gasteiger partial charge is 0.504 e. The number of nitrogens with two attached hydrogens (primary N) is 1. The van der Waals surface area contributed by atoms with Crippen molar-refractivity contribution in [2.24, 2.45) is 5.73 Å². The summed E-state index contributed by atoms with van der Waals surface area (Å²) in [5.74, 6) is -0.426. The Labute approximate surface area is 93.5 Å². The summed E-state index contributed by atoms with van der Waals surface area (Å²) in [6, 6.07) is 1.52. The molecule has 0 heterocycles. The Bertz CT molecular complexity index is 414. The second kappa shape index (κ2) is 3.29. The quantitative estimate of drug-likeness (QED) is 0.678. The minimum absolute atomic E-state index is 0.155. The zero-order valence-electron chi connectivity index (χ0n) is 8.55. The first-order chi connectivity index (χ1) is 6.93. The fourth-order valence-corrected chi connectivity index (χ4v) is 2.01. The van der Waals surface area contributed by atoms with E-state index in [2.05, 4.69) is 0 Å². The highest BCUT2D eigenvalue weighted by Crippen LogP contribution is 2.43. The van der Waals surface area contributed by atoms with Gasteiger partial charge in [0.1, 0.15) is 0 Å². The Morgan fingerprint density at radius 1 is 1.47 bits per heavy atom. The highest BCUT2D eigenvalue weighted by molar-refractivity contribution is 6.33. The van der Waals surface area contributed by atoms with E-state index in [1.165, 1.54) is 6.07 Å². The lowest BCUT2D eigenvalue weighted by Crippen LogP contribution is -2.25. The first kappa shape index (κ1) is 10.6. The fraction of sp³-hybridized carbons (Fsp3) is 0.455. The summed E-state index contributed by atoms with van der Waals surface area (Å²) < 4.78 is 0. The maximum atomic E-state index is 9.51. The molecule has 0 bridgehead atoms. The number of benzene rings is 1. The molecular weight excluding hydrogens is 214 g/mol. The molecule has 1 aromatic carbocycles. The van der Waals surface area contributed by atoms with E-state index in [0.29, 0.717) is 6.42 Å². The van der Waals surface area contributed by atoms with Crippen molar-refractivity contribution in [3.8, 4) is 11.5 Å². The van der Waals surface area contributed by atoms with Crippen molar-refractivity contribution in [2.45, 2.75) is 31.7 Å². The molecule has 0 saturated heterocycles. The van der Waals surface area contributed by atoms with Crippen molar-refractivity contribution < 1.29 is 10.2 Å². The average molecular weight is 228 g/mol. The maximum absolute atomic E-state index is 9.51. The van der Waals surface area contributed by atoms with Crippen LogP contribution >= 0.6 is 11.6 Å². The molecule has 0 spiro atoms. The monoisotopic (exact) mass is 227 g/mol. The second-order valence-electron chi connectivity index (χ2n) is 4.39. The van der Waals surface area contributed by atoms with Crippen molar-refractivity contribution in [3.05, 3.63) is 22.2 Å². The normalized spacial score (nSPS) is 17.8. The first-order valence-corrected chi connectivity index (χ1v) is 5.29. The van der Waals surface area contributed by atoms with Gasteiger partial charge < -0.3 is 15.9 Å². The molecule has 1 aromatic rings. The Hall–Kier alpha value is -0.930. The predicted octanol–water partition coefficient (Wildman–Crippen LogP) is 2.09. The molecule has 1 fully saturated rings. The number of hydrogen-bond donors (Lipinski definition) is 3. The molecule has 0 amide bonds. The van der Waals surface area contributed by atoms with E-state index in [4.69, 9.17) is 17.3 Å². The van der Waals surface area contributed by atoms with Gasteiger partial charge in [-0.25, -0.2) is 0 Å². The van der Waals surface area contributed by atoms with Gasteiger partial charge in [-0.1, -0.05) is 11.6 Å². The number of aryl methyl sites for hydroxylation is 1. The molecular formula is C11H14ClNO2. The van der Waals surface area contributed by atoms with Crippen LogP contribution in [0, 0.1) is 6.92 Å². The smallest absolute Gasteiger partial charge is 0.176 e. The highest BCUT2D eigenvalue weighted by atomic mass is 35.5. The van der Waals surface area contributed by atoms with Crippen LogP contribution in [0.25, 0.3) is 0 Å². The van der Waals surface area contributed by atoms with Crippen molar-refractivity contribution in [3.63, 3.8) is 0 Å². The molecule has 4 heteroatoms. The van der Waals surface area contributed by atoms with Crippen LogP contribution in [0.15, 0.2) is 6.07 Å². The number of aromatic hydroxyl groups is 2. The molecule has 82 valence electrons. The van der Waals surface area contributed by atoms with Crippen LogP contribution in [-0.4, -0.2) is 15.8 Å². The zero-order valence-corrected chi connectivity index (χ0v) is 9.30. The molecule has 0 radical (unpaired) electrons. The van der Waals surface area contributed by atoms with Crippen molar-refractivity contribution in [1.82, 2.24) is 0 Å². The molecule has 0 aromatic heterocycles. The van der Waals surface area contributed by atoms with Crippen molar-refractivity contribution >= 4 is 11.6 Å². The third kappa shape index (κ3) is 1.90. The van der Waals surface area contributed by atoms with Crippen LogP contribution < -0.4 is 5.73 Å². The van der Waals surface area contributed by atoms with Crippen LogP contribution in [0.3, 0.4) is 0 Å². The third-order valence-electron chi connectivity index (χ3n) is 2.97. The average Bonchev–Trinajstić information content (AvgIpc) is 2.89. The lowest BCUT2D eigenvalue weighted by atomic mass is 9.99. The molecule has 3 nitrogen and oxygen atoms in total. The lowest BCUT2D eigenvalue weighted by Gasteiger charge is -2.14. The number of hydrogen-bond acceptors (Lipinski definition) is 3. The van der Waals surface area contributed by atoms with Gasteiger partial charge in [0.05, 0.1) is 5.02 Å². The van der Waals surface area contributed by atoms with Gasteiger partial charge in [-0.15, -0.1) is 0 Å². The van der Waals surface area contributed by atoms with E-state index in [1.807, 2.05) is 6.92 Å². The van der Waals surface area contributed by atoms with Crippen LogP contribution in [0.1, 0.15) is 24.0 Å². The number of rotatable bonds is 2. The minimum atomic E-state index is -0.249. The van der Waals surface area contributed by atoms with Gasteiger partial charge in [-0.05, 0) is 43.4 Å². The van der Waals surface area contributed by atoms with Crippen molar-refractivity contribution in [1.29, 1.82) is 0 Å². The van der Waals surface area contributed by atoms with E-state index in [-0.39, 0.29) is 22.1 Å². The lowest BCUT2D eigenvalue weighted by molar-refractivity contribution is 0.402. The molecule has 0 aliphatic heterocycles. The van der Waals surface area contributed by atoms with E-state index in [1.54, 1.807) is 0 Å². The number of halogens is 1. The predicted molar refractivity (Wildman–Crippen MR) is 59.4 cm³/mol. The summed E-state index contributed by atoms with van der Waals surface area (Å²) >= 11 is 5.97. The van der Waals surface area contributed by atoms with Crippen LogP contribution in [0.2, 0.25) is 5.02 Å². The fourth-order valence-electron chi connectivity index (χ4n) is 1.70. The molecule has 1 saturated carbocycles. The number of phenols is 2. The van der Waals surface area contributed by atoms with Crippen LogP contribution in [0.4, 0.5) is 0 Å². The summed E-state index contributed by atoms with van der Waals surface area (Å²) in [6.45, 7) is 1.85. The van der Waals surface area contributed by atoms with E-state index < -0.39 is 0 Å². The summed E-state index contributed by atoms with van der Waals surface area (Å²) in [5.41, 5.74) is 7.55. The highest BCUT2D eigenvalue weighted by Gasteiger charge is 2.39. The van der Waals surface area contributed by atoms with E-state index in [0.717, 1.165) is 24.0 Å². The zero-order chi connectivity index (χ0) is 11.2. The Morgan fingerprint density at radius 3 is 2.60 bits per heavy atom. The summed E-state index contributed by atoms with van der Waals surface area (Å²) in [6.07, 6.45) is 2.64. The van der Waals surface area contributed by atoms with Gasteiger partial charge in [-0.3, -0.25) is 0 Å². The van der Waals surface area contributed by atoms with E-state index in [9.17, 15) is 10.2 Å². The summed E-state index contributed by atoms with van der Waals surface area (Å²) in [5, 5.41) is 19.1. The maximum Gasteiger partial charge on any atom is 0.176 e. The first-order valence-electron chi connectivity index (χ1n) is 4.92. The van der Waals surface area contributed by atoms with Gasteiger partial charge >= 0.3 is 0 Å². The minimum Gasteiger partial charge on any atom is -0.504 e. The van der Waals surface area contributed by atoms with Gasteiger partial charge in [0.2, 0.25) is 0 Å². The summed E-state index contributed by atoms with van der Waals surface area (Å²) in [7, 11) is 0. The Kier molecular flexibility index (Phi) is 2.32. The second-order valence-corrected chi connectivity index (χ2v) is 4.77. The van der Waals surface area contributed by atoms with Crippen molar-refractivity contribution in [2.75, 3.05) is 0 Å². The molecule has 2 rings (SSSR count). The van der Waals surface area contributed by atoms with Crippen LogP contribution in [-0.2, 0) is 6.42 Å². The molecule has 0 atom stereocenters. The van der Waals surface area contributed by atoms with E-state index >= 15 is 0 Å². The Balaban J connectivity index is 2.41. The standard InChI is InChI=1S/C11H14ClNO2/c1-6-4-8(14)10(15)9(12)7(6)5-11(13)2-3-11/h4,14-15H,2-3,5,13H2,1H3. The molecule has 0 unspecified atom stereocenters. The van der Waals surface area contributed by atoms with Crippen LogP contribution in [0.5, 0.6) is 11.5 Å². The topological polar surface area (TPSA) is 66.5 Å². The molecule has 1 aliphatic carbocycles. The van der Waals surface area contributed by atoms with Gasteiger partial charge in [0, 0.05) is 5.54 Å². The van der Waals surface area contributed by atoms with Gasteiger partial charge in [0.25, 0.3) is 0 Å². The third-order valence-corrected chi connectivity index (χ3v) is 3.37. The molecule has 4 N–H and O–H groups in total. The SMILES string of the molecule is Cc1cc(O)c(O)c(Cl)c1CC1(N)CC1. The van der Waals surface area contributed by atoms with Gasteiger partial charge in [0.15, 0.2) is 11.5 Å². The Morgan fingerprint density at radius 2 is 2.07 bits per heavy atom. The van der Waals surface area contributed by atoms with Gasteiger partial charge in [-0.2, -0.15) is 0 Å². The molecule has 1 aliphatic rings.